The molecular weight excluding hydrogens is 268 g/mol. The minimum absolute atomic E-state index is 0.0931. The molecule has 2 amide bonds. The second kappa shape index (κ2) is 6.24. The average molecular weight is 296 g/mol. The predicted octanol–water partition coefficient (Wildman–Crippen LogP) is 2.59. The number of nitrogens with one attached hydrogen (secondary N) is 2. The van der Waals surface area contributed by atoms with Crippen molar-refractivity contribution in [3.8, 4) is 0 Å². The van der Waals surface area contributed by atoms with Crippen molar-refractivity contribution in [3.05, 3.63) is 0 Å². The van der Waals surface area contributed by atoms with Crippen LogP contribution < -0.4 is 10.6 Å². The van der Waals surface area contributed by atoms with Gasteiger partial charge in [-0.25, -0.2) is 4.79 Å². The second-order valence-corrected chi connectivity index (χ2v) is 7.53. The van der Waals surface area contributed by atoms with Crippen LogP contribution in [0.1, 0.15) is 59.8 Å². The van der Waals surface area contributed by atoms with Crippen LogP contribution in [-0.4, -0.2) is 29.7 Å². The Morgan fingerprint density at radius 2 is 1.62 bits per heavy atom. The summed E-state index contributed by atoms with van der Waals surface area (Å²) in [5, 5.41) is 6.05. The highest BCUT2D eigenvalue weighted by Crippen LogP contribution is 2.38. The summed E-state index contributed by atoms with van der Waals surface area (Å²) in [6.45, 7) is 7.67. The van der Waals surface area contributed by atoms with E-state index in [1.54, 1.807) is 0 Å². The van der Waals surface area contributed by atoms with Crippen LogP contribution in [0, 0.1) is 11.8 Å². The van der Waals surface area contributed by atoms with E-state index in [1.165, 1.54) is 0 Å². The highest BCUT2D eigenvalue weighted by Gasteiger charge is 2.40. The number of carbonyl (C=O) groups is 2. The molecule has 0 bridgehead atoms. The molecule has 0 aliphatic heterocycles. The molecule has 5 nitrogen and oxygen atoms in total. The second-order valence-electron chi connectivity index (χ2n) is 7.53. The number of rotatable bonds is 3. The van der Waals surface area contributed by atoms with E-state index in [0.717, 1.165) is 32.1 Å². The van der Waals surface area contributed by atoms with E-state index in [0.29, 0.717) is 5.92 Å². The highest BCUT2D eigenvalue weighted by molar-refractivity contribution is 5.81. The minimum atomic E-state index is -0.478. The van der Waals surface area contributed by atoms with E-state index in [2.05, 4.69) is 17.6 Å². The van der Waals surface area contributed by atoms with Gasteiger partial charge in [-0.05, 0) is 58.8 Å². The lowest BCUT2D eigenvalue weighted by Gasteiger charge is -2.31. The Morgan fingerprint density at radius 3 is 2.14 bits per heavy atom. The van der Waals surface area contributed by atoms with Gasteiger partial charge in [0.1, 0.15) is 5.60 Å². The number of hydrogen-bond donors (Lipinski definition) is 2. The van der Waals surface area contributed by atoms with Crippen LogP contribution >= 0.6 is 0 Å². The lowest BCUT2D eigenvalue weighted by Crippen LogP contribution is -2.47. The molecular formula is C16H28N2O3. The maximum Gasteiger partial charge on any atom is 0.407 e. The van der Waals surface area contributed by atoms with Crippen LogP contribution in [0.2, 0.25) is 0 Å². The van der Waals surface area contributed by atoms with Crippen LogP contribution in [-0.2, 0) is 9.53 Å². The molecule has 21 heavy (non-hydrogen) atoms. The molecule has 0 radical (unpaired) electrons. The van der Waals surface area contributed by atoms with E-state index in [4.69, 9.17) is 4.74 Å². The molecule has 2 saturated carbocycles. The van der Waals surface area contributed by atoms with Crippen LogP contribution in [0.3, 0.4) is 0 Å². The zero-order valence-corrected chi connectivity index (χ0v) is 13.6. The van der Waals surface area contributed by atoms with Gasteiger partial charge in [0.05, 0.1) is 0 Å². The van der Waals surface area contributed by atoms with Gasteiger partial charge in [-0.1, -0.05) is 6.92 Å². The van der Waals surface area contributed by atoms with Crippen LogP contribution in [0.5, 0.6) is 0 Å². The first-order valence-electron chi connectivity index (χ1n) is 8.04. The molecule has 0 saturated heterocycles. The third kappa shape index (κ3) is 5.21. The SMILES string of the molecule is C[C@@H]1C[C@@H]1C(=O)N[C@H]1CCC[C@H](NC(=O)OC(C)(C)C)C1. The van der Waals surface area contributed by atoms with Crippen molar-refractivity contribution in [2.75, 3.05) is 0 Å². The number of ether oxygens (including phenoxy) is 1. The van der Waals surface area contributed by atoms with E-state index in [9.17, 15) is 9.59 Å². The first kappa shape index (κ1) is 16.1. The van der Waals surface area contributed by atoms with Gasteiger partial charge in [0.2, 0.25) is 5.91 Å². The van der Waals surface area contributed by atoms with Crippen molar-refractivity contribution < 1.29 is 14.3 Å². The predicted molar refractivity (Wildman–Crippen MR) is 80.8 cm³/mol. The van der Waals surface area contributed by atoms with Gasteiger partial charge < -0.3 is 15.4 Å². The quantitative estimate of drug-likeness (QED) is 0.841. The summed E-state index contributed by atoms with van der Waals surface area (Å²) in [5.41, 5.74) is -0.478. The summed E-state index contributed by atoms with van der Waals surface area (Å²) in [7, 11) is 0. The summed E-state index contributed by atoms with van der Waals surface area (Å²) in [6.07, 6.45) is 4.41. The number of alkyl carbamates (subject to hydrolysis) is 1. The van der Waals surface area contributed by atoms with Gasteiger partial charge in [-0.3, -0.25) is 4.79 Å². The van der Waals surface area contributed by atoms with Gasteiger partial charge in [-0.2, -0.15) is 0 Å². The standard InChI is InChI=1S/C16H28N2O3/c1-10-8-13(10)14(19)17-11-6-5-7-12(9-11)18-15(20)21-16(2,3)4/h10-13H,5-9H2,1-4H3,(H,17,19)(H,18,20)/t10-,11+,12+,13+/m1/s1. The molecule has 0 aromatic rings. The van der Waals surface area contributed by atoms with E-state index < -0.39 is 5.60 Å². The third-order valence-corrected chi connectivity index (χ3v) is 4.19. The maximum absolute atomic E-state index is 12.0. The summed E-state index contributed by atoms with van der Waals surface area (Å²) >= 11 is 0. The molecule has 0 unspecified atom stereocenters. The van der Waals surface area contributed by atoms with E-state index in [-0.39, 0.29) is 30.0 Å². The first-order chi connectivity index (χ1) is 9.74. The van der Waals surface area contributed by atoms with Gasteiger partial charge in [-0.15, -0.1) is 0 Å². The monoisotopic (exact) mass is 296 g/mol. The Kier molecular flexibility index (Phi) is 4.79. The molecule has 2 aliphatic carbocycles. The summed E-state index contributed by atoms with van der Waals surface area (Å²) in [6, 6.07) is 0.273. The van der Waals surface area contributed by atoms with Crippen molar-refractivity contribution >= 4 is 12.0 Å². The fourth-order valence-corrected chi connectivity index (χ4v) is 2.92. The fraction of sp³-hybridized carbons (Fsp3) is 0.875. The molecule has 0 spiro atoms. The molecule has 0 aromatic carbocycles. The molecule has 120 valence electrons. The molecule has 5 heteroatoms. The zero-order valence-electron chi connectivity index (χ0n) is 13.6. The Hall–Kier alpha value is -1.26. The zero-order chi connectivity index (χ0) is 15.6. The lowest BCUT2D eigenvalue weighted by molar-refractivity contribution is -0.123. The summed E-state index contributed by atoms with van der Waals surface area (Å²) in [4.78, 5) is 23.8. The van der Waals surface area contributed by atoms with Crippen molar-refractivity contribution in [1.82, 2.24) is 10.6 Å². The number of amides is 2. The Balaban J connectivity index is 1.75. The number of carbonyl (C=O) groups excluding carboxylic acids is 2. The third-order valence-electron chi connectivity index (χ3n) is 4.19. The maximum atomic E-state index is 12.0. The van der Waals surface area contributed by atoms with Crippen molar-refractivity contribution in [3.63, 3.8) is 0 Å². The smallest absolute Gasteiger partial charge is 0.407 e. The van der Waals surface area contributed by atoms with Crippen LogP contribution in [0.15, 0.2) is 0 Å². The number of hydrogen-bond acceptors (Lipinski definition) is 3. The average Bonchev–Trinajstić information content (AvgIpc) is 3.04. The Morgan fingerprint density at radius 1 is 1.05 bits per heavy atom. The first-order valence-corrected chi connectivity index (χ1v) is 8.04. The highest BCUT2D eigenvalue weighted by atomic mass is 16.6. The molecule has 0 aromatic heterocycles. The molecule has 4 atom stereocenters. The molecule has 2 N–H and O–H groups in total. The van der Waals surface area contributed by atoms with Gasteiger partial charge >= 0.3 is 6.09 Å². The summed E-state index contributed by atoms with van der Waals surface area (Å²) in [5.74, 6) is 0.930. The van der Waals surface area contributed by atoms with Gasteiger partial charge in [0.25, 0.3) is 0 Å². The fourth-order valence-electron chi connectivity index (χ4n) is 2.92. The van der Waals surface area contributed by atoms with E-state index in [1.807, 2.05) is 20.8 Å². The molecule has 2 aliphatic rings. The lowest BCUT2D eigenvalue weighted by atomic mass is 9.91. The Bertz CT molecular complexity index is 403. The normalized spacial score (nSPS) is 32.2. The largest absolute Gasteiger partial charge is 0.444 e. The molecule has 0 heterocycles. The topological polar surface area (TPSA) is 67.4 Å². The van der Waals surface area contributed by atoms with Crippen molar-refractivity contribution in [2.45, 2.75) is 77.5 Å². The van der Waals surface area contributed by atoms with E-state index >= 15 is 0 Å². The molecule has 2 fully saturated rings. The van der Waals surface area contributed by atoms with Gasteiger partial charge in [0, 0.05) is 18.0 Å². The van der Waals surface area contributed by atoms with Crippen molar-refractivity contribution in [1.29, 1.82) is 0 Å². The minimum Gasteiger partial charge on any atom is -0.444 e. The van der Waals surface area contributed by atoms with Crippen LogP contribution in [0.25, 0.3) is 0 Å². The Labute approximate surface area is 127 Å². The van der Waals surface area contributed by atoms with Crippen LogP contribution in [0.4, 0.5) is 4.79 Å². The van der Waals surface area contributed by atoms with Crippen molar-refractivity contribution in [2.24, 2.45) is 11.8 Å². The summed E-state index contributed by atoms with van der Waals surface area (Å²) < 4.78 is 5.28. The molecule has 2 rings (SSSR count). The van der Waals surface area contributed by atoms with Gasteiger partial charge in [0.15, 0.2) is 0 Å².